The minimum absolute atomic E-state index is 0.186. The highest BCUT2D eigenvalue weighted by Crippen LogP contribution is 2.43. The van der Waals surface area contributed by atoms with Crippen molar-refractivity contribution in [3.8, 4) is 0 Å². The Balaban J connectivity index is 3.83. The second-order valence-electron chi connectivity index (χ2n) is 16.8. The zero-order valence-corrected chi connectivity index (χ0v) is 39.1. The van der Waals surface area contributed by atoms with Crippen molar-refractivity contribution in [1.29, 1.82) is 0 Å². The van der Waals surface area contributed by atoms with E-state index in [2.05, 4.69) is 26.0 Å². The number of unbranched alkanes of at least 4 members (excludes halogenated alkanes) is 31. The molecule has 3 unspecified atom stereocenters. The van der Waals surface area contributed by atoms with Crippen LogP contribution in [0.25, 0.3) is 0 Å². The summed E-state index contributed by atoms with van der Waals surface area (Å²) in [6.45, 7) is 2.25. The van der Waals surface area contributed by atoms with Crippen LogP contribution in [0.5, 0.6) is 0 Å². The molecule has 0 aliphatic rings. The van der Waals surface area contributed by atoms with E-state index in [-0.39, 0.29) is 12.8 Å². The fourth-order valence-electron chi connectivity index (χ4n) is 7.17. The molecule has 0 amide bonds. The second kappa shape index (κ2) is 44.8. The van der Waals surface area contributed by atoms with Crippen molar-refractivity contribution < 1.29 is 47.8 Å². The zero-order valence-electron chi connectivity index (χ0n) is 38.2. The summed E-state index contributed by atoms with van der Waals surface area (Å²) < 4.78 is 32.7. The van der Waals surface area contributed by atoms with Gasteiger partial charge in [0.2, 0.25) is 0 Å². The van der Waals surface area contributed by atoms with Gasteiger partial charge in [-0.2, -0.15) is 0 Å². The van der Waals surface area contributed by atoms with E-state index in [0.29, 0.717) is 12.8 Å². The Kier molecular flexibility index (Phi) is 43.8. The summed E-state index contributed by atoms with van der Waals surface area (Å²) in [5, 5.41) is 19.2. The normalized spacial score (nSPS) is 13.8. The first-order chi connectivity index (χ1) is 28.8. The van der Waals surface area contributed by atoms with Gasteiger partial charge in [-0.1, -0.05) is 206 Å². The average molecular weight is 861 g/mol. The van der Waals surface area contributed by atoms with Gasteiger partial charge in [-0.3, -0.25) is 18.6 Å². The minimum Gasteiger partial charge on any atom is -0.457 e. The maximum Gasteiger partial charge on any atom is 0.472 e. The summed E-state index contributed by atoms with van der Waals surface area (Å²) in [7, 11) is -4.64. The van der Waals surface area contributed by atoms with E-state index in [9.17, 15) is 29.3 Å². The Morgan fingerprint density at radius 1 is 0.441 bits per heavy atom. The summed E-state index contributed by atoms with van der Waals surface area (Å²) in [6, 6.07) is 0. The highest BCUT2D eigenvalue weighted by Gasteiger charge is 2.27. The highest BCUT2D eigenvalue weighted by molar-refractivity contribution is 7.47. The number of hydrogen-bond donors (Lipinski definition) is 3. The lowest BCUT2D eigenvalue weighted by Crippen LogP contribution is -2.28. The maximum atomic E-state index is 12.4. The largest absolute Gasteiger partial charge is 0.472 e. The van der Waals surface area contributed by atoms with E-state index >= 15 is 0 Å². The van der Waals surface area contributed by atoms with Crippen LogP contribution in [-0.2, 0) is 32.7 Å². The van der Waals surface area contributed by atoms with Gasteiger partial charge >= 0.3 is 19.8 Å². The van der Waals surface area contributed by atoms with Gasteiger partial charge in [0, 0.05) is 12.8 Å². The SMILES string of the molecule is CCCCCCCCC/C=C\CCCCCCCC(=O)OC(CO)COP(=O)(O)OCC(CO)OC(=O)CCCCCCCCCCCCCCCCCCCCCC. The number of esters is 2. The predicted octanol–water partition coefficient (Wildman–Crippen LogP) is 13.6. The van der Waals surface area contributed by atoms with E-state index in [0.717, 1.165) is 51.4 Å². The van der Waals surface area contributed by atoms with Crippen LogP contribution in [0, 0.1) is 0 Å². The molecule has 3 N–H and O–H groups in total. The number of hydrogen-bond acceptors (Lipinski definition) is 9. The highest BCUT2D eigenvalue weighted by atomic mass is 31.2. The molecule has 0 bridgehead atoms. The van der Waals surface area contributed by atoms with Crippen molar-refractivity contribution in [3.63, 3.8) is 0 Å². The molecule has 0 saturated carbocycles. The molecule has 350 valence electrons. The number of carbonyl (C=O) groups is 2. The molecular formula is C48H93O10P. The Hall–Kier alpha value is -1.29. The van der Waals surface area contributed by atoms with Crippen molar-refractivity contribution >= 4 is 19.8 Å². The van der Waals surface area contributed by atoms with E-state index < -0.39 is 58.4 Å². The van der Waals surface area contributed by atoms with Crippen molar-refractivity contribution in [2.75, 3.05) is 26.4 Å². The van der Waals surface area contributed by atoms with Crippen molar-refractivity contribution in [2.24, 2.45) is 0 Å². The molecule has 0 aromatic carbocycles. The number of aliphatic hydroxyl groups excluding tert-OH is 2. The predicted molar refractivity (Wildman–Crippen MR) is 242 cm³/mol. The molecule has 0 rings (SSSR count). The van der Waals surface area contributed by atoms with Crippen LogP contribution in [-0.4, -0.2) is 65.7 Å². The van der Waals surface area contributed by atoms with Crippen LogP contribution in [0.3, 0.4) is 0 Å². The number of allylic oxidation sites excluding steroid dienone is 2. The fraction of sp³-hybridized carbons (Fsp3) is 0.917. The molecule has 59 heavy (non-hydrogen) atoms. The number of aliphatic hydroxyl groups is 2. The number of carbonyl (C=O) groups excluding carboxylic acids is 2. The monoisotopic (exact) mass is 861 g/mol. The van der Waals surface area contributed by atoms with Crippen LogP contribution < -0.4 is 0 Å². The number of ether oxygens (including phenoxy) is 2. The van der Waals surface area contributed by atoms with E-state index in [1.807, 2.05) is 0 Å². The van der Waals surface area contributed by atoms with Crippen molar-refractivity contribution in [1.82, 2.24) is 0 Å². The second-order valence-corrected chi connectivity index (χ2v) is 18.3. The van der Waals surface area contributed by atoms with Crippen molar-refractivity contribution in [3.05, 3.63) is 12.2 Å². The molecule has 0 heterocycles. The third-order valence-corrected chi connectivity index (χ3v) is 11.9. The first-order valence-electron chi connectivity index (χ1n) is 24.6. The number of phosphoric ester groups is 1. The van der Waals surface area contributed by atoms with Gasteiger partial charge in [0.25, 0.3) is 0 Å². The molecule has 10 nitrogen and oxygen atoms in total. The summed E-state index contributed by atoms with van der Waals surface area (Å²) in [6.07, 6.45) is 44.7. The quantitative estimate of drug-likeness (QED) is 0.0234. The smallest absolute Gasteiger partial charge is 0.457 e. The van der Waals surface area contributed by atoms with Gasteiger partial charge < -0.3 is 24.6 Å². The molecule has 0 spiro atoms. The summed E-state index contributed by atoms with van der Waals surface area (Å²) >= 11 is 0. The maximum absolute atomic E-state index is 12.4. The Morgan fingerprint density at radius 2 is 0.695 bits per heavy atom. The molecule has 0 aromatic rings. The first-order valence-corrected chi connectivity index (χ1v) is 26.1. The lowest BCUT2D eigenvalue weighted by atomic mass is 10.0. The van der Waals surface area contributed by atoms with Crippen LogP contribution in [0.15, 0.2) is 12.2 Å². The molecule has 0 radical (unpaired) electrons. The van der Waals surface area contributed by atoms with Crippen LogP contribution >= 0.6 is 7.82 Å². The molecule has 0 fully saturated rings. The minimum atomic E-state index is -4.64. The first kappa shape index (κ1) is 57.7. The molecule has 0 aromatic heterocycles. The fourth-order valence-corrected chi connectivity index (χ4v) is 7.95. The standard InChI is InChI=1S/C48H93O10P/c1-3-5-7-9-11-13-15-17-19-21-22-23-24-26-28-30-32-34-36-38-40-48(52)58-46(42-50)44-56-59(53,54)55-43-45(41-49)57-47(51)39-37-35-33-31-29-27-25-20-18-16-14-12-10-8-6-4-2/h20,25,45-46,49-50H,3-19,21-24,26-44H2,1-2H3,(H,53,54)/b25-20-. The molecular weight excluding hydrogens is 767 g/mol. The summed E-state index contributed by atoms with van der Waals surface area (Å²) in [5.74, 6) is -1.01. The van der Waals surface area contributed by atoms with Gasteiger partial charge in [-0.05, 0) is 38.5 Å². The van der Waals surface area contributed by atoms with E-state index in [4.69, 9.17) is 18.5 Å². The number of phosphoric acid groups is 1. The molecule has 11 heteroatoms. The van der Waals surface area contributed by atoms with Crippen LogP contribution in [0.1, 0.15) is 245 Å². The zero-order chi connectivity index (χ0) is 43.3. The summed E-state index contributed by atoms with van der Waals surface area (Å²) in [5.41, 5.74) is 0. The molecule has 0 aliphatic heterocycles. The van der Waals surface area contributed by atoms with Gasteiger partial charge in [0.05, 0.1) is 26.4 Å². The van der Waals surface area contributed by atoms with Gasteiger partial charge in [0.1, 0.15) is 12.2 Å². The van der Waals surface area contributed by atoms with Gasteiger partial charge in [-0.25, -0.2) is 4.57 Å². The van der Waals surface area contributed by atoms with E-state index in [1.54, 1.807) is 0 Å². The van der Waals surface area contributed by atoms with E-state index in [1.165, 1.54) is 154 Å². The lowest BCUT2D eigenvalue weighted by Gasteiger charge is -2.20. The van der Waals surface area contributed by atoms with Crippen molar-refractivity contribution in [2.45, 2.75) is 257 Å². The third-order valence-electron chi connectivity index (χ3n) is 11.0. The Bertz CT molecular complexity index is 993. The molecule has 0 saturated heterocycles. The molecule has 3 atom stereocenters. The van der Waals surface area contributed by atoms with Gasteiger partial charge in [-0.15, -0.1) is 0 Å². The average Bonchev–Trinajstić information content (AvgIpc) is 3.22. The lowest BCUT2D eigenvalue weighted by molar-refractivity contribution is -0.153. The van der Waals surface area contributed by atoms with Crippen LogP contribution in [0.2, 0.25) is 0 Å². The number of rotatable bonds is 47. The Morgan fingerprint density at radius 3 is 0.966 bits per heavy atom. The molecule has 0 aliphatic carbocycles. The third kappa shape index (κ3) is 43.2. The summed E-state index contributed by atoms with van der Waals surface area (Å²) in [4.78, 5) is 34.6. The van der Waals surface area contributed by atoms with Gasteiger partial charge in [0.15, 0.2) is 0 Å². The Labute approximate surface area is 362 Å². The topological polar surface area (TPSA) is 149 Å². The van der Waals surface area contributed by atoms with Crippen LogP contribution in [0.4, 0.5) is 0 Å².